The first-order chi connectivity index (χ1) is 6.35. The third kappa shape index (κ3) is 1.34. The summed E-state index contributed by atoms with van der Waals surface area (Å²) in [6, 6.07) is 7.84. The fourth-order valence-electron chi connectivity index (χ4n) is 1.64. The molecule has 0 atom stereocenters. The quantitative estimate of drug-likeness (QED) is 0.622. The lowest BCUT2D eigenvalue weighted by Gasteiger charge is -1.98. The van der Waals surface area contributed by atoms with Gasteiger partial charge in [-0.3, -0.25) is 0 Å². The minimum Gasteiger partial charge on any atom is -0.224 e. The molecule has 0 N–H and O–H groups in total. The molecule has 0 heterocycles. The van der Waals surface area contributed by atoms with Crippen LogP contribution in [-0.4, -0.2) is 5.71 Å². The standard InChI is InChI=1S/C10H8N2S/c11-6-7-1-3-9-8(5-7)2-4-10(9)12-13/h1,3,5,13H,2,4H2. The van der Waals surface area contributed by atoms with Crippen molar-refractivity contribution in [3.8, 4) is 6.07 Å². The van der Waals surface area contributed by atoms with E-state index in [2.05, 4.69) is 23.3 Å². The van der Waals surface area contributed by atoms with E-state index in [1.807, 2.05) is 18.2 Å². The topological polar surface area (TPSA) is 36.1 Å². The van der Waals surface area contributed by atoms with E-state index in [1.54, 1.807) is 0 Å². The number of nitrogens with zero attached hydrogens (tertiary/aromatic N) is 2. The van der Waals surface area contributed by atoms with Gasteiger partial charge < -0.3 is 0 Å². The van der Waals surface area contributed by atoms with E-state index in [-0.39, 0.29) is 0 Å². The number of rotatable bonds is 0. The number of aryl methyl sites for hydroxylation is 1. The molecule has 0 amide bonds. The molecule has 0 fully saturated rings. The van der Waals surface area contributed by atoms with Gasteiger partial charge in [-0.15, -0.1) is 0 Å². The molecule has 0 aromatic heterocycles. The van der Waals surface area contributed by atoms with Gasteiger partial charge >= 0.3 is 0 Å². The molecule has 13 heavy (non-hydrogen) atoms. The van der Waals surface area contributed by atoms with Crippen LogP contribution in [0.5, 0.6) is 0 Å². The highest BCUT2D eigenvalue weighted by atomic mass is 32.1. The van der Waals surface area contributed by atoms with E-state index < -0.39 is 0 Å². The lowest BCUT2D eigenvalue weighted by molar-refractivity contribution is 1.09. The summed E-state index contributed by atoms with van der Waals surface area (Å²) >= 11 is 3.91. The summed E-state index contributed by atoms with van der Waals surface area (Å²) in [7, 11) is 0. The van der Waals surface area contributed by atoms with Gasteiger partial charge in [0, 0.05) is 0 Å². The van der Waals surface area contributed by atoms with Crippen LogP contribution in [0, 0.1) is 11.3 Å². The van der Waals surface area contributed by atoms with Gasteiger partial charge in [-0.25, -0.2) is 4.40 Å². The largest absolute Gasteiger partial charge is 0.224 e. The molecule has 0 bridgehead atoms. The predicted molar refractivity (Wildman–Crippen MR) is 55.0 cm³/mol. The molecule has 0 aliphatic heterocycles. The monoisotopic (exact) mass is 188 g/mol. The first-order valence-corrected chi connectivity index (χ1v) is 4.49. The Bertz CT molecular complexity index is 415. The van der Waals surface area contributed by atoms with E-state index in [0.717, 1.165) is 29.7 Å². The van der Waals surface area contributed by atoms with Crippen LogP contribution in [0.2, 0.25) is 0 Å². The van der Waals surface area contributed by atoms with Gasteiger partial charge in [-0.05, 0) is 48.9 Å². The number of hydrogen-bond acceptors (Lipinski definition) is 3. The van der Waals surface area contributed by atoms with E-state index in [4.69, 9.17) is 5.26 Å². The average molecular weight is 188 g/mol. The van der Waals surface area contributed by atoms with Gasteiger partial charge in [0.2, 0.25) is 0 Å². The summed E-state index contributed by atoms with van der Waals surface area (Å²) in [5.74, 6) is 0. The molecule has 3 heteroatoms. The summed E-state index contributed by atoms with van der Waals surface area (Å²) in [5.41, 5.74) is 4.11. The smallest absolute Gasteiger partial charge is 0.0991 e. The molecule has 64 valence electrons. The molecule has 0 spiro atoms. The van der Waals surface area contributed by atoms with Crippen LogP contribution in [0.15, 0.2) is 22.6 Å². The van der Waals surface area contributed by atoms with Gasteiger partial charge in [-0.1, -0.05) is 6.07 Å². The molecular formula is C10H8N2S. The van der Waals surface area contributed by atoms with Crippen LogP contribution in [0.3, 0.4) is 0 Å². The third-order valence-electron chi connectivity index (χ3n) is 2.30. The van der Waals surface area contributed by atoms with Crippen molar-refractivity contribution in [1.82, 2.24) is 0 Å². The summed E-state index contributed by atoms with van der Waals surface area (Å²) in [6.45, 7) is 0. The van der Waals surface area contributed by atoms with Crippen LogP contribution in [0.25, 0.3) is 0 Å². The van der Waals surface area contributed by atoms with Crippen LogP contribution >= 0.6 is 12.8 Å². The van der Waals surface area contributed by atoms with Gasteiger partial charge in [-0.2, -0.15) is 5.26 Å². The van der Waals surface area contributed by atoms with E-state index in [0.29, 0.717) is 0 Å². The summed E-state index contributed by atoms with van der Waals surface area (Å²) in [4.78, 5) is 0. The normalized spacial score (nSPS) is 17.1. The van der Waals surface area contributed by atoms with E-state index in [1.165, 1.54) is 5.56 Å². The molecule has 0 radical (unpaired) electrons. The van der Waals surface area contributed by atoms with Crippen molar-refractivity contribution in [1.29, 1.82) is 5.26 Å². The Morgan fingerprint density at radius 2 is 2.23 bits per heavy atom. The molecule has 1 aromatic carbocycles. The highest BCUT2D eigenvalue weighted by molar-refractivity contribution is 7.79. The number of benzene rings is 1. The van der Waals surface area contributed by atoms with Crippen molar-refractivity contribution in [3.63, 3.8) is 0 Å². The number of fused-ring (bicyclic) bond motifs is 1. The lowest BCUT2D eigenvalue weighted by Crippen LogP contribution is -1.92. The predicted octanol–water partition coefficient (Wildman–Crippen LogP) is 2.14. The zero-order valence-electron chi connectivity index (χ0n) is 6.99. The van der Waals surface area contributed by atoms with Crippen LogP contribution in [-0.2, 0) is 6.42 Å². The van der Waals surface area contributed by atoms with Gasteiger partial charge in [0.25, 0.3) is 0 Å². The fraction of sp³-hybridized carbons (Fsp3) is 0.200. The van der Waals surface area contributed by atoms with E-state index in [9.17, 15) is 0 Å². The lowest BCUT2D eigenvalue weighted by atomic mass is 10.1. The molecule has 1 aromatic rings. The fourth-order valence-corrected chi connectivity index (χ4v) is 1.85. The molecule has 0 unspecified atom stereocenters. The van der Waals surface area contributed by atoms with Crippen LogP contribution < -0.4 is 0 Å². The first kappa shape index (κ1) is 8.33. The minimum atomic E-state index is 0.721. The molecular weight excluding hydrogens is 180 g/mol. The number of hydrogen-bond donors (Lipinski definition) is 1. The molecule has 1 aliphatic rings. The summed E-state index contributed by atoms with van der Waals surface area (Å²) < 4.78 is 3.91. The Morgan fingerprint density at radius 1 is 1.38 bits per heavy atom. The Labute approximate surface area is 82.5 Å². The van der Waals surface area contributed by atoms with Crippen LogP contribution in [0.1, 0.15) is 23.1 Å². The van der Waals surface area contributed by atoms with E-state index >= 15 is 0 Å². The van der Waals surface area contributed by atoms with Gasteiger partial charge in [0.1, 0.15) is 0 Å². The highest BCUT2D eigenvalue weighted by Gasteiger charge is 2.17. The number of thiol groups is 1. The van der Waals surface area contributed by atoms with Crippen molar-refractivity contribution in [2.24, 2.45) is 4.40 Å². The molecule has 2 rings (SSSR count). The Kier molecular flexibility index (Phi) is 2.07. The maximum absolute atomic E-state index is 8.70. The van der Waals surface area contributed by atoms with Gasteiger partial charge in [0.05, 0.1) is 17.3 Å². The Morgan fingerprint density at radius 3 is 2.92 bits per heavy atom. The second kappa shape index (κ2) is 3.23. The minimum absolute atomic E-state index is 0.721. The Hall–Kier alpha value is -1.27. The zero-order valence-corrected chi connectivity index (χ0v) is 7.88. The molecule has 0 saturated carbocycles. The third-order valence-corrected chi connectivity index (χ3v) is 2.54. The maximum atomic E-state index is 8.70. The maximum Gasteiger partial charge on any atom is 0.0991 e. The van der Waals surface area contributed by atoms with Crippen molar-refractivity contribution in [2.45, 2.75) is 12.8 Å². The first-order valence-electron chi connectivity index (χ1n) is 4.09. The SMILES string of the molecule is N#Cc1ccc2c(c1)CCC2=NS. The highest BCUT2D eigenvalue weighted by Crippen LogP contribution is 2.23. The molecule has 0 saturated heterocycles. The summed E-state index contributed by atoms with van der Waals surface area (Å²) in [5, 5.41) is 8.70. The average Bonchev–Trinajstić information content (AvgIpc) is 2.59. The second-order valence-electron chi connectivity index (χ2n) is 3.03. The Balaban J connectivity index is 2.54. The summed E-state index contributed by atoms with van der Waals surface area (Å²) in [6.07, 6.45) is 1.91. The van der Waals surface area contributed by atoms with Crippen molar-refractivity contribution < 1.29 is 0 Å². The molecule has 2 nitrogen and oxygen atoms in total. The van der Waals surface area contributed by atoms with Crippen molar-refractivity contribution >= 4 is 18.5 Å². The van der Waals surface area contributed by atoms with Crippen molar-refractivity contribution in [2.75, 3.05) is 0 Å². The van der Waals surface area contributed by atoms with Crippen LogP contribution in [0.4, 0.5) is 0 Å². The zero-order chi connectivity index (χ0) is 9.26. The van der Waals surface area contributed by atoms with Gasteiger partial charge in [0.15, 0.2) is 0 Å². The second-order valence-corrected chi connectivity index (χ2v) is 3.23. The number of nitriles is 1. The van der Waals surface area contributed by atoms with Crippen molar-refractivity contribution in [3.05, 3.63) is 34.9 Å². The molecule has 1 aliphatic carbocycles.